The highest BCUT2D eigenvalue weighted by atomic mass is 32.2. The maximum Gasteiger partial charge on any atom is 0.226 e. The van der Waals surface area contributed by atoms with Gasteiger partial charge in [0.15, 0.2) is 5.16 Å². The summed E-state index contributed by atoms with van der Waals surface area (Å²) in [5.41, 5.74) is 1.10. The van der Waals surface area contributed by atoms with Gasteiger partial charge < -0.3 is 14.6 Å². The van der Waals surface area contributed by atoms with Crippen LogP contribution >= 0.6 is 11.8 Å². The smallest absolute Gasteiger partial charge is 0.226 e. The van der Waals surface area contributed by atoms with E-state index in [4.69, 9.17) is 4.74 Å². The Hall–Kier alpha value is -2.02. The quantitative estimate of drug-likeness (QED) is 0.664. The average molecular weight is 318 g/mol. The van der Waals surface area contributed by atoms with Crippen molar-refractivity contribution in [3.63, 3.8) is 0 Å². The van der Waals surface area contributed by atoms with Crippen LogP contribution in [0.1, 0.15) is 5.56 Å². The molecule has 22 heavy (non-hydrogen) atoms. The zero-order valence-corrected chi connectivity index (χ0v) is 13.2. The predicted octanol–water partition coefficient (Wildman–Crippen LogP) is 1.27. The third-order valence-electron chi connectivity index (χ3n) is 3.55. The van der Waals surface area contributed by atoms with Crippen molar-refractivity contribution in [2.45, 2.75) is 11.6 Å². The van der Waals surface area contributed by atoms with E-state index in [1.165, 1.54) is 0 Å². The van der Waals surface area contributed by atoms with Gasteiger partial charge in [-0.3, -0.25) is 4.79 Å². The molecule has 1 aromatic heterocycles. The summed E-state index contributed by atoms with van der Waals surface area (Å²) in [6, 6.07) is 7.88. The number of nitrogens with one attached hydrogen (secondary N) is 1. The van der Waals surface area contributed by atoms with Crippen molar-refractivity contribution in [2.24, 2.45) is 13.0 Å². The van der Waals surface area contributed by atoms with E-state index in [1.807, 2.05) is 35.9 Å². The van der Waals surface area contributed by atoms with Crippen LogP contribution in [0.4, 0.5) is 0 Å². The lowest BCUT2D eigenvalue weighted by Gasteiger charge is -2.24. The van der Waals surface area contributed by atoms with Crippen LogP contribution in [0.15, 0.2) is 35.7 Å². The van der Waals surface area contributed by atoms with Gasteiger partial charge in [-0.05, 0) is 18.1 Å². The zero-order chi connectivity index (χ0) is 15.4. The summed E-state index contributed by atoms with van der Waals surface area (Å²) in [6.07, 6.45) is 2.40. The fourth-order valence-corrected chi connectivity index (χ4v) is 3.10. The molecule has 0 spiro atoms. The van der Waals surface area contributed by atoms with E-state index in [2.05, 4.69) is 15.5 Å². The topological polar surface area (TPSA) is 69.0 Å². The molecule has 3 rings (SSSR count). The second-order valence-electron chi connectivity index (χ2n) is 5.18. The first-order valence-corrected chi connectivity index (χ1v) is 8.18. The van der Waals surface area contributed by atoms with Crippen LogP contribution in [0.25, 0.3) is 0 Å². The molecule has 1 aromatic carbocycles. The van der Waals surface area contributed by atoms with Gasteiger partial charge in [0, 0.05) is 19.3 Å². The Bertz CT molecular complexity index is 658. The largest absolute Gasteiger partial charge is 0.492 e. The van der Waals surface area contributed by atoms with Gasteiger partial charge in [-0.25, -0.2) is 0 Å². The molecule has 116 valence electrons. The Kier molecular flexibility index (Phi) is 4.62. The van der Waals surface area contributed by atoms with E-state index in [9.17, 15) is 4.79 Å². The molecule has 0 bridgehead atoms. The third kappa shape index (κ3) is 3.41. The number of carbonyl (C=O) groups is 1. The lowest BCUT2D eigenvalue weighted by atomic mass is 9.96. The van der Waals surface area contributed by atoms with Gasteiger partial charge in [-0.15, -0.1) is 10.2 Å². The predicted molar refractivity (Wildman–Crippen MR) is 83.9 cm³/mol. The number of aryl methyl sites for hydroxylation is 1. The summed E-state index contributed by atoms with van der Waals surface area (Å²) < 4.78 is 7.51. The molecule has 0 saturated heterocycles. The number of aromatic nitrogens is 3. The molecule has 2 aromatic rings. The van der Waals surface area contributed by atoms with E-state index in [-0.39, 0.29) is 11.8 Å². The van der Waals surface area contributed by atoms with Crippen molar-refractivity contribution < 1.29 is 9.53 Å². The van der Waals surface area contributed by atoms with Crippen LogP contribution in [0.2, 0.25) is 0 Å². The normalized spacial score (nSPS) is 16.7. The molecule has 0 aliphatic carbocycles. The number of nitrogens with zero attached hydrogens (tertiary/aromatic N) is 3. The molecule has 2 heterocycles. The van der Waals surface area contributed by atoms with Crippen LogP contribution in [0.5, 0.6) is 5.75 Å². The number of rotatable bonds is 5. The number of benzene rings is 1. The second-order valence-corrected chi connectivity index (χ2v) is 6.25. The molecule has 1 aliphatic heterocycles. The summed E-state index contributed by atoms with van der Waals surface area (Å²) >= 11 is 1.57. The van der Waals surface area contributed by atoms with E-state index >= 15 is 0 Å². The van der Waals surface area contributed by atoms with E-state index in [0.29, 0.717) is 13.2 Å². The highest BCUT2D eigenvalue weighted by molar-refractivity contribution is 7.99. The molecular weight excluding hydrogens is 300 g/mol. The molecule has 1 N–H and O–H groups in total. The third-order valence-corrected chi connectivity index (χ3v) is 4.59. The molecule has 1 amide bonds. The van der Waals surface area contributed by atoms with Gasteiger partial charge in [0.25, 0.3) is 0 Å². The average Bonchev–Trinajstić information content (AvgIpc) is 2.96. The molecule has 0 unspecified atom stereocenters. The van der Waals surface area contributed by atoms with Crippen LogP contribution in [-0.4, -0.2) is 39.6 Å². The van der Waals surface area contributed by atoms with Gasteiger partial charge in [-0.2, -0.15) is 0 Å². The zero-order valence-electron chi connectivity index (χ0n) is 12.4. The first-order chi connectivity index (χ1) is 10.7. The minimum atomic E-state index is -0.116. The van der Waals surface area contributed by atoms with Crippen molar-refractivity contribution in [1.29, 1.82) is 0 Å². The number of amides is 1. The first kappa shape index (κ1) is 14.9. The Balaban J connectivity index is 1.44. The van der Waals surface area contributed by atoms with Crippen LogP contribution < -0.4 is 10.1 Å². The number of ether oxygens (including phenoxy) is 1. The van der Waals surface area contributed by atoms with Crippen LogP contribution in [0.3, 0.4) is 0 Å². The number of hydrogen-bond acceptors (Lipinski definition) is 5. The van der Waals surface area contributed by atoms with Crippen molar-refractivity contribution in [1.82, 2.24) is 20.1 Å². The van der Waals surface area contributed by atoms with Crippen molar-refractivity contribution in [3.8, 4) is 5.75 Å². The maximum absolute atomic E-state index is 12.2. The minimum absolute atomic E-state index is 0.0491. The van der Waals surface area contributed by atoms with Crippen LogP contribution in [-0.2, 0) is 18.3 Å². The number of hydrogen-bond donors (Lipinski definition) is 1. The Morgan fingerprint density at radius 2 is 2.36 bits per heavy atom. The Morgan fingerprint density at radius 1 is 1.50 bits per heavy atom. The maximum atomic E-state index is 12.2. The van der Waals surface area contributed by atoms with E-state index < -0.39 is 0 Å². The number of fused-ring (bicyclic) bond motifs is 1. The number of carbonyl (C=O) groups excluding carboxylic acids is 1. The molecule has 0 fully saturated rings. The summed E-state index contributed by atoms with van der Waals surface area (Å²) in [6.45, 7) is 1.05. The highest BCUT2D eigenvalue weighted by Crippen LogP contribution is 2.26. The fourth-order valence-electron chi connectivity index (χ4n) is 2.36. The first-order valence-electron chi connectivity index (χ1n) is 7.19. The second kappa shape index (κ2) is 6.83. The molecule has 1 aliphatic rings. The van der Waals surface area contributed by atoms with Crippen LogP contribution in [0, 0.1) is 5.92 Å². The molecule has 1 atom stereocenters. The highest BCUT2D eigenvalue weighted by Gasteiger charge is 2.25. The Labute approximate surface area is 133 Å². The summed E-state index contributed by atoms with van der Waals surface area (Å²) in [5, 5.41) is 11.6. The molecule has 6 nitrogen and oxygen atoms in total. The number of thioether (sulfide) groups is 1. The van der Waals surface area contributed by atoms with Crippen molar-refractivity contribution in [3.05, 3.63) is 36.2 Å². The Morgan fingerprint density at radius 3 is 3.18 bits per heavy atom. The van der Waals surface area contributed by atoms with Gasteiger partial charge in [0.1, 0.15) is 18.7 Å². The summed E-state index contributed by atoms with van der Waals surface area (Å²) in [7, 11) is 1.90. The lowest BCUT2D eigenvalue weighted by Crippen LogP contribution is -2.38. The van der Waals surface area contributed by atoms with Crippen molar-refractivity contribution in [2.75, 3.05) is 18.9 Å². The van der Waals surface area contributed by atoms with E-state index in [1.54, 1.807) is 18.1 Å². The number of para-hydroxylation sites is 1. The molecular formula is C15H18N4O2S. The molecule has 0 saturated carbocycles. The summed E-state index contributed by atoms with van der Waals surface area (Å²) in [5.74, 6) is 1.59. The molecule has 0 radical (unpaired) electrons. The molecule has 7 heteroatoms. The van der Waals surface area contributed by atoms with Gasteiger partial charge in [-0.1, -0.05) is 30.0 Å². The SMILES string of the molecule is Cn1cnnc1SCCNC(=O)[C@H]1COc2ccccc2C1. The summed E-state index contributed by atoms with van der Waals surface area (Å²) in [4.78, 5) is 12.2. The van der Waals surface area contributed by atoms with Crippen molar-refractivity contribution >= 4 is 17.7 Å². The van der Waals surface area contributed by atoms with Gasteiger partial charge in [0.05, 0.1) is 5.92 Å². The van der Waals surface area contributed by atoms with E-state index in [0.717, 1.165) is 28.6 Å². The standard InChI is InChI=1S/C15H18N4O2S/c1-19-10-17-18-15(19)22-7-6-16-14(20)12-8-11-4-2-3-5-13(11)21-9-12/h2-5,10,12H,6-9H2,1H3,(H,16,20)/t12-/m1/s1. The lowest BCUT2D eigenvalue weighted by molar-refractivity contribution is -0.126. The monoisotopic (exact) mass is 318 g/mol. The van der Waals surface area contributed by atoms with Gasteiger partial charge >= 0.3 is 0 Å². The van der Waals surface area contributed by atoms with Gasteiger partial charge in [0.2, 0.25) is 5.91 Å². The fraction of sp³-hybridized carbons (Fsp3) is 0.400. The minimum Gasteiger partial charge on any atom is -0.492 e.